The molecule has 0 unspecified atom stereocenters. The fraction of sp³-hybridized carbons (Fsp3) is 0.661. The number of carbonyl (C=O) groups is 7. The first kappa shape index (κ1) is 72.3. The van der Waals surface area contributed by atoms with Crippen LogP contribution in [0.15, 0.2) is 69.4 Å². The Hall–Kier alpha value is -4.13. The molecule has 2 aromatic heterocycles. The van der Waals surface area contributed by atoms with Crippen LogP contribution in [-0.2, 0) is 68.5 Å². The highest BCUT2D eigenvalue weighted by Crippen LogP contribution is 2.38. The van der Waals surface area contributed by atoms with Crippen molar-refractivity contribution in [2.75, 3.05) is 27.9 Å². The molecule has 3 aliphatic heterocycles. The maximum Gasteiger partial charge on any atom is 0.603 e. The number of ketones is 3. The quantitative estimate of drug-likeness (QED) is 0.119. The molecule has 1 N–H and O–H groups in total. The van der Waals surface area contributed by atoms with Crippen molar-refractivity contribution in [3.8, 4) is 0 Å². The number of amides is 1. The monoisotopic (exact) mass is 1340 g/mol. The standard InChI is InChI=1S/C62H89N3O15S2.2BrH/c1-37-18-14-13-15-19-38(2)51(74-10)30-47-23-21-43(7)62(73,80-47)58(69)59(70)64-25-17-16-20-48(64)60(71)78-52(40(4)28-46-22-24-50(53(29-46)75-11)77-54(67)32-63-35-81-33-44(63)8)31-49(66)39(3)27-42(6)56(57(76-12)55(68)41(5)26-37)79-61(72)65-36-82-34-45(65)9;;/h13-15,18-19,27,33-37,39-41,43,46-48,50-53,56-57,73H,16-17,20-26,28-32H2,1-12H3;2*1H/q+2;;/p-2/b15-13+,18-14+,38-19+,42-27+;;/t37-,39-,40-,41-,43-,46+,47+,48+,50-,51-,52+,53-,56-,57+,62-;;/m1../s1. The lowest BCUT2D eigenvalue weighted by atomic mass is 9.78. The highest BCUT2D eigenvalue weighted by molar-refractivity contribution is 7.07. The summed E-state index contributed by atoms with van der Waals surface area (Å²) in [7, 11) is 4.55. The SMILES string of the molecule is CO[C@@H]1C[C@@H]2CC[C@@H](C)[C@@](O)(O2)C(=O)C(=O)N2CCCC[C@H]2C(=O)O[C@H]([C@H](C)C[C@@H]2CC[C@@H](OC(=O)C[n+]3cscc3C)[C@H](OC)C2)CC(=O)[C@H](C)/C=C(\C)[C@@H](OC(=O)[n+]2cscc2C)[C@@H](OC)C(=O)[C@H](C)C[C@H](C)/C=C/C=C/C=C/1C.[Br-].[Br-]. The van der Waals surface area contributed by atoms with Gasteiger partial charge in [-0.3, -0.25) is 19.2 Å². The molecule has 15 atom stereocenters. The molecular weight excluding hydrogens is 1250 g/mol. The molecule has 0 spiro atoms. The van der Waals surface area contributed by atoms with Crippen LogP contribution in [0.4, 0.5) is 4.79 Å². The first-order chi connectivity index (χ1) is 39.0. The maximum absolute atomic E-state index is 14.8. The van der Waals surface area contributed by atoms with Gasteiger partial charge >= 0.3 is 18.0 Å². The summed E-state index contributed by atoms with van der Waals surface area (Å²) in [4.78, 5) is 101. The Bertz CT molecular complexity index is 2690. The molecule has 2 bridgehead atoms. The lowest BCUT2D eigenvalue weighted by Crippen LogP contribution is -3.00. The second-order valence-corrected chi connectivity index (χ2v) is 24.8. The minimum atomic E-state index is -2.47. The van der Waals surface area contributed by atoms with Gasteiger partial charge in [-0.05, 0) is 107 Å². The zero-order valence-corrected chi connectivity index (χ0v) is 55.6. The van der Waals surface area contributed by atoms with Gasteiger partial charge in [0, 0.05) is 72.3 Å². The number of aromatic nitrogens is 2. The number of halogens is 2. The van der Waals surface area contributed by atoms with Gasteiger partial charge in [0.2, 0.25) is 29.0 Å². The number of aryl methyl sites for hydroxylation is 2. The number of methoxy groups -OCH3 is 3. The number of aliphatic hydroxyl groups is 1. The molecule has 0 radical (unpaired) electrons. The van der Waals surface area contributed by atoms with E-state index in [1.54, 1.807) is 58.9 Å². The number of nitrogens with zero attached hydrogens (tertiary/aromatic N) is 3. The first-order valence-electron chi connectivity index (χ1n) is 29.1. The fourth-order valence-corrected chi connectivity index (χ4v) is 13.4. The normalized spacial score (nSPS) is 33.5. The summed E-state index contributed by atoms with van der Waals surface area (Å²) in [6.45, 7) is 16.5. The van der Waals surface area contributed by atoms with E-state index in [1.165, 1.54) is 39.3 Å². The predicted octanol–water partition coefficient (Wildman–Crippen LogP) is 2.45. The van der Waals surface area contributed by atoms with E-state index in [-0.39, 0.29) is 95.7 Å². The van der Waals surface area contributed by atoms with Crippen LogP contribution in [0.25, 0.3) is 0 Å². The van der Waals surface area contributed by atoms with E-state index in [0.717, 1.165) is 11.3 Å². The molecule has 1 saturated carbocycles. The number of hydrogen-bond donors (Lipinski definition) is 1. The third-order valence-electron chi connectivity index (χ3n) is 17.1. The minimum Gasteiger partial charge on any atom is -1.00 e. The molecule has 1 aliphatic carbocycles. The van der Waals surface area contributed by atoms with E-state index < -0.39 is 102 Å². The molecular formula is C62H89Br2N3O15S2. The molecule has 468 valence electrons. The summed E-state index contributed by atoms with van der Waals surface area (Å²) in [5, 5.41) is 15.9. The van der Waals surface area contributed by atoms with Crippen LogP contribution in [0.2, 0.25) is 0 Å². The van der Waals surface area contributed by atoms with Crippen molar-refractivity contribution < 1.29 is 115 Å². The average molecular weight is 1340 g/mol. The first-order valence-corrected chi connectivity index (χ1v) is 31.0. The lowest BCUT2D eigenvalue weighted by molar-refractivity contribution is -0.687. The average Bonchev–Trinajstić information content (AvgIpc) is 2.12. The molecule has 1 amide bonds. The summed E-state index contributed by atoms with van der Waals surface area (Å²) in [5.74, 6) is -9.05. The van der Waals surface area contributed by atoms with Crippen LogP contribution < -0.4 is 43.1 Å². The van der Waals surface area contributed by atoms with E-state index in [4.69, 9.17) is 33.2 Å². The molecule has 2 aromatic rings. The number of carbonyl (C=O) groups excluding carboxylic acids is 7. The molecule has 3 fully saturated rings. The minimum absolute atomic E-state index is 0. The lowest BCUT2D eigenvalue weighted by Gasteiger charge is -2.42. The Balaban J connectivity index is 0.00000757. The Morgan fingerprint density at radius 1 is 0.798 bits per heavy atom. The van der Waals surface area contributed by atoms with Crippen molar-refractivity contribution in [2.24, 2.45) is 35.5 Å². The van der Waals surface area contributed by atoms with Crippen molar-refractivity contribution in [1.29, 1.82) is 0 Å². The number of piperidine rings is 1. The van der Waals surface area contributed by atoms with Gasteiger partial charge in [0.15, 0.2) is 23.7 Å². The summed E-state index contributed by atoms with van der Waals surface area (Å²) in [6, 6.07) is -1.20. The Morgan fingerprint density at radius 2 is 1.51 bits per heavy atom. The second kappa shape index (κ2) is 33.8. The number of esters is 2. The van der Waals surface area contributed by atoms with Crippen molar-refractivity contribution in [3.63, 3.8) is 0 Å². The van der Waals surface area contributed by atoms with Crippen LogP contribution in [0, 0.1) is 49.4 Å². The number of thiazole rings is 2. The summed E-state index contributed by atoms with van der Waals surface area (Å²) < 4.78 is 45.7. The van der Waals surface area contributed by atoms with Crippen LogP contribution >= 0.6 is 22.7 Å². The van der Waals surface area contributed by atoms with E-state index in [1.807, 2.05) is 80.5 Å². The second-order valence-electron chi connectivity index (χ2n) is 23.4. The third kappa shape index (κ3) is 18.9. The van der Waals surface area contributed by atoms with Gasteiger partial charge in [-0.25, -0.2) is 9.59 Å². The molecule has 18 nitrogen and oxygen atoms in total. The van der Waals surface area contributed by atoms with E-state index in [0.29, 0.717) is 69.1 Å². The summed E-state index contributed by atoms with van der Waals surface area (Å²) >= 11 is 2.81. The van der Waals surface area contributed by atoms with Crippen molar-refractivity contribution in [2.45, 2.75) is 200 Å². The maximum atomic E-state index is 14.8. The third-order valence-corrected chi connectivity index (χ3v) is 18.8. The Labute approximate surface area is 525 Å². The van der Waals surface area contributed by atoms with Gasteiger partial charge in [0.25, 0.3) is 11.7 Å². The van der Waals surface area contributed by atoms with Gasteiger partial charge in [-0.1, -0.05) is 98.3 Å². The fourth-order valence-electron chi connectivity index (χ4n) is 11.9. The topological polar surface area (TPSA) is 215 Å². The summed E-state index contributed by atoms with van der Waals surface area (Å²) in [5.41, 5.74) is 6.31. The number of cyclic esters (lactones) is 1. The number of allylic oxidation sites excluding steroid dienone is 6. The van der Waals surface area contributed by atoms with Crippen molar-refractivity contribution in [3.05, 3.63) is 80.8 Å². The van der Waals surface area contributed by atoms with Crippen LogP contribution in [0.5, 0.6) is 0 Å². The molecule has 2 saturated heterocycles. The number of ether oxygens (including phenoxy) is 7. The van der Waals surface area contributed by atoms with E-state index in [9.17, 15) is 38.7 Å². The zero-order valence-electron chi connectivity index (χ0n) is 50.8. The summed E-state index contributed by atoms with van der Waals surface area (Å²) in [6.07, 6.45) is 9.79. The Kier molecular flexibility index (Phi) is 29.2. The molecule has 5 heterocycles. The smallest absolute Gasteiger partial charge is 0.603 e. The van der Waals surface area contributed by atoms with Crippen LogP contribution in [0.1, 0.15) is 137 Å². The number of hydrogen-bond acceptors (Lipinski definition) is 17. The molecule has 22 heteroatoms. The Morgan fingerprint density at radius 3 is 2.17 bits per heavy atom. The highest BCUT2D eigenvalue weighted by atomic mass is 79.9. The van der Waals surface area contributed by atoms with Gasteiger partial charge in [0.05, 0.1) is 29.1 Å². The number of fused-ring (bicyclic) bond motifs is 3. The van der Waals surface area contributed by atoms with Gasteiger partial charge < -0.3 is 77.1 Å². The molecule has 6 rings (SSSR count). The predicted molar refractivity (Wildman–Crippen MR) is 307 cm³/mol. The zero-order chi connectivity index (χ0) is 60.0. The van der Waals surface area contributed by atoms with E-state index in [2.05, 4.69) is 0 Å². The molecule has 4 aliphatic rings. The number of rotatable bonds is 10. The largest absolute Gasteiger partial charge is 1.00 e. The van der Waals surface area contributed by atoms with Crippen molar-refractivity contribution in [1.82, 2.24) is 4.90 Å². The molecule has 84 heavy (non-hydrogen) atoms. The van der Waals surface area contributed by atoms with Gasteiger partial charge in [-0.2, -0.15) is 9.36 Å². The van der Waals surface area contributed by atoms with Gasteiger partial charge in [0.1, 0.15) is 24.0 Å². The van der Waals surface area contributed by atoms with Crippen LogP contribution in [0.3, 0.4) is 0 Å². The van der Waals surface area contributed by atoms with Crippen LogP contribution in [-0.4, -0.2) is 134 Å². The van der Waals surface area contributed by atoms with E-state index >= 15 is 0 Å². The highest BCUT2D eigenvalue weighted by Gasteiger charge is 2.53. The van der Waals surface area contributed by atoms with Gasteiger partial charge in [-0.15, -0.1) is 0 Å². The van der Waals surface area contributed by atoms with Crippen molar-refractivity contribution >= 4 is 64.0 Å². The number of Topliss-reactive ketones (excluding diaryl/α,β-unsaturated/α-hetero) is 3. The molecule has 0 aromatic carbocycles.